The summed E-state index contributed by atoms with van der Waals surface area (Å²) in [5.41, 5.74) is 4.24. The predicted octanol–water partition coefficient (Wildman–Crippen LogP) is 2.82. The Morgan fingerprint density at radius 2 is 1.85 bits per heavy atom. The van der Waals surface area contributed by atoms with Crippen LogP contribution >= 0.6 is 0 Å². The highest BCUT2D eigenvalue weighted by Crippen LogP contribution is 2.44. The smallest absolute Gasteiger partial charge is 0.255 e. The molecule has 3 heterocycles. The van der Waals surface area contributed by atoms with Crippen LogP contribution in [0.15, 0.2) is 48.8 Å². The maximum Gasteiger partial charge on any atom is 0.255 e. The fraction of sp³-hybridized carbons (Fsp3) is 0.240. The molecule has 34 heavy (non-hydrogen) atoms. The largest absolute Gasteiger partial charge is 0.339 e. The van der Waals surface area contributed by atoms with E-state index >= 15 is 8.78 Å². The van der Waals surface area contributed by atoms with Gasteiger partial charge < -0.3 is 4.90 Å². The Kier molecular flexibility index (Phi) is 4.50. The van der Waals surface area contributed by atoms with E-state index in [9.17, 15) is 4.79 Å². The van der Waals surface area contributed by atoms with Crippen LogP contribution in [0, 0.1) is 11.6 Å². The Morgan fingerprint density at radius 1 is 1.12 bits per heavy atom. The first-order chi connectivity index (χ1) is 16.3. The van der Waals surface area contributed by atoms with Crippen LogP contribution in [0.5, 0.6) is 0 Å². The highest BCUT2D eigenvalue weighted by Gasteiger charge is 2.44. The summed E-state index contributed by atoms with van der Waals surface area (Å²) < 4.78 is 32.5. The average molecular weight is 454 g/mol. The van der Waals surface area contributed by atoms with Crippen molar-refractivity contribution in [3.63, 3.8) is 0 Å². The van der Waals surface area contributed by atoms with Gasteiger partial charge in [-0.15, -0.1) is 0 Å². The summed E-state index contributed by atoms with van der Waals surface area (Å²) >= 11 is 0. The number of nitrogens with zero attached hydrogens (tertiary/aromatic N) is 4. The maximum atomic E-state index is 15.4. The number of halogens is 2. The highest BCUT2D eigenvalue weighted by atomic mass is 19.1. The highest BCUT2D eigenvalue weighted by molar-refractivity contribution is 6.42. The van der Waals surface area contributed by atoms with Crippen molar-refractivity contribution in [1.82, 2.24) is 19.7 Å². The number of amides is 1. The molecule has 0 N–H and O–H groups in total. The number of hydrogen-bond acceptors (Lipinski definition) is 3. The first kappa shape index (κ1) is 21.1. The lowest BCUT2D eigenvalue weighted by atomic mass is 9.59. The summed E-state index contributed by atoms with van der Waals surface area (Å²) in [6.45, 7) is -0.178. The summed E-state index contributed by atoms with van der Waals surface area (Å²) in [7, 11) is 5.54. The molecule has 0 saturated heterocycles. The normalized spacial score (nSPS) is 16.9. The van der Waals surface area contributed by atoms with Crippen molar-refractivity contribution in [2.75, 3.05) is 0 Å². The number of aryl methyl sites for hydroxylation is 1. The van der Waals surface area contributed by atoms with Gasteiger partial charge in [0.1, 0.15) is 27.3 Å². The van der Waals surface area contributed by atoms with Crippen molar-refractivity contribution in [3.05, 3.63) is 82.8 Å². The van der Waals surface area contributed by atoms with Crippen molar-refractivity contribution in [2.45, 2.75) is 30.6 Å². The first-order valence-corrected chi connectivity index (χ1v) is 11.5. The van der Waals surface area contributed by atoms with Crippen LogP contribution in [0.4, 0.5) is 8.78 Å². The molecule has 4 aromatic rings. The molecule has 2 aliphatic rings. The summed E-state index contributed by atoms with van der Waals surface area (Å²) in [5, 5.41) is 4.73. The van der Waals surface area contributed by atoms with E-state index in [1.807, 2.05) is 41.1 Å². The zero-order chi connectivity index (χ0) is 23.8. The van der Waals surface area contributed by atoms with Crippen molar-refractivity contribution in [3.8, 4) is 11.1 Å². The first-order valence-electron chi connectivity index (χ1n) is 11.5. The van der Waals surface area contributed by atoms with Gasteiger partial charge in [-0.05, 0) is 59.7 Å². The number of aromatic nitrogens is 3. The summed E-state index contributed by atoms with van der Waals surface area (Å²) in [4.78, 5) is 18.8. The van der Waals surface area contributed by atoms with E-state index < -0.39 is 17.0 Å². The standard InChI is InChI=1S/C25H22B2F2N4O/c1-32-11-18-15(6-7-16(13-4-5-13)22(18)31-32)14-9-20(28)19(21(29)10-14)12-33-24(34)17-3-2-8-30-23(17)25(33,26)27/h2-3,6-11,13H,4-5,12,26-27H2,1H3. The van der Waals surface area contributed by atoms with Gasteiger partial charge in [-0.3, -0.25) is 14.5 Å². The molecule has 0 radical (unpaired) electrons. The van der Waals surface area contributed by atoms with Crippen LogP contribution in [0.1, 0.15) is 45.9 Å². The van der Waals surface area contributed by atoms with Gasteiger partial charge in [0.05, 0.1) is 23.3 Å². The number of carbonyl (C=O) groups is 1. The molecule has 1 amide bonds. The third-order valence-corrected chi connectivity index (χ3v) is 7.14. The number of pyridine rings is 1. The second-order valence-corrected chi connectivity index (χ2v) is 9.81. The van der Waals surface area contributed by atoms with Gasteiger partial charge in [-0.1, -0.05) is 12.1 Å². The molecule has 2 aromatic heterocycles. The van der Waals surface area contributed by atoms with Crippen LogP contribution in [0.25, 0.3) is 22.0 Å². The molecule has 2 aromatic carbocycles. The van der Waals surface area contributed by atoms with Gasteiger partial charge in [0, 0.05) is 35.7 Å². The molecule has 1 aliphatic heterocycles. The van der Waals surface area contributed by atoms with Gasteiger partial charge in [0.25, 0.3) is 5.91 Å². The molecular weight excluding hydrogens is 432 g/mol. The molecule has 0 atom stereocenters. The average Bonchev–Trinajstić information content (AvgIpc) is 3.53. The fourth-order valence-corrected chi connectivity index (χ4v) is 5.15. The molecule has 0 unspecified atom stereocenters. The Bertz CT molecular complexity index is 1470. The molecule has 1 aliphatic carbocycles. The number of fused-ring (bicyclic) bond motifs is 2. The Morgan fingerprint density at radius 3 is 2.53 bits per heavy atom. The summed E-state index contributed by atoms with van der Waals surface area (Å²) in [5.74, 6) is -1.11. The van der Waals surface area contributed by atoms with E-state index in [1.54, 1.807) is 23.0 Å². The lowest BCUT2D eigenvalue weighted by molar-refractivity contribution is 0.0727. The van der Waals surface area contributed by atoms with Crippen molar-refractivity contribution in [1.29, 1.82) is 0 Å². The zero-order valence-corrected chi connectivity index (χ0v) is 19.3. The molecule has 168 valence electrons. The van der Waals surface area contributed by atoms with Gasteiger partial charge in [0.15, 0.2) is 0 Å². The third-order valence-electron chi connectivity index (χ3n) is 7.14. The van der Waals surface area contributed by atoms with Gasteiger partial charge in [-0.25, -0.2) is 8.78 Å². The number of carbonyl (C=O) groups excluding carboxylic acids is 1. The fourth-order valence-electron chi connectivity index (χ4n) is 5.15. The van der Waals surface area contributed by atoms with Gasteiger partial charge in [-0.2, -0.15) is 5.10 Å². The minimum absolute atomic E-state index is 0.130. The lowest BCUT2D eigenvalue weighted by Crippen LogP contribution is -2.45. The topological polar surface area (TPSA) is 51.0 Å². The monoisotopic (exact) mass is 454 g/mol. The second-order valence-electron chi connectivity index (χ2n) is 9.81. The van der Waals surface area contributed by atoms with Gasteiger partial charge in [0.2, 0.25) is 0 Å². The predicted molar refractivity (Wildman–Crippen MR) is 131 cm³/mol. The van der Waals surface area contributed by atoms with E-state index in [1.165, 1.54) is 22.6 Å². The van der Waals surface area contributed by atoms with E-state index in [-0.39, 0.29) is 18.0 Å². The molecule has 6 rings (SSSR count). The molecule has 5 nitrogen and oxygen atoms in total. The van der Waals surface area contributed by atoms with Crippen LogP contribution in [-0.2, 0) is 18.9 Å². The quantitative estimate of drug-likeness (QED) is 0.446. The molecule has 0 spiro atoms. The molecule has 1 fully saturated rings. The Hall–Kier alpha value is -3.48. The van der Waals surface area contributed by atoms with E-state index in [0.717, 1.165) is 29.3 Å². The van der Waals surface area contributed by atoms with Crippen LogP contribution in [-0.4, -0.2) is 41.3 Å². The maximum absolute atomic E-state index is 15.4. The summed E-state index contributed by atoms with van der Waals surface area (Å²) in [6.07, 6.45) is 5.82. The molecule has 0 bridgehead atoms. The zero-order valence-electron chi connectivity index (χ0n) is 19.3. The second kappa shape index (κ2) is 7.26. The van der Waals surface area contributed by atoms with Crippen molar-refractivity contribution < 1.29 is 13.6 Å². The Balaban J connectivity index is 1.39. The van der Waals surface area contributed by atoms with Gasteiger partial charge >= 0.3 is 0 Å². The SMILES string of the molecule is BC1(B)c2ncccc2C(=O)N1Cc1c(F)cc(-c2ccc(C3CC3)c3nn(C)cc23)cc1F. The Labute approximate surface area is 197 Å². The van der Waals surface area contributed by atoms with Crippen molar-refractivity contribution in [2.24, 2.45) is 7.05 Å². The van der Waals surface area contributed by atoms with E-state index in [2.05, 4.69) is 10.1 Å². The van der Waals surface area contributed by atoms with Crippen LogP contribution in [0.2, 0.25) is 0 Å². The molecule has 9 heteroatoms. The van der Waals surface area contributed by atoms with Crippen LogP contribution in [0.3, 0.4) is 0 Å². The third kappa shape index (κ3) is 3.10. The summed E-state index contributed by atoms with van der Waals surface area (Å²) in [6, 6.07) is 10.1. The number of benzene rings is 2. The van der Waals surface area contributed by atoms with Crippen LogP contribution < -0.4 is 0 Å². The van der Waals surface area contributed by atoms with Crippen molar-refractivity contribution >= 4 is 32.5 Å². The number of hydrogen-bond donors (Lipinski definition) is 0. The van der Waals surface area contributed by atoms with E-state index in [4.69, 9.17) is 0 Å². The minimum atomic E-state index is -0.772. The molecule has 1 saturated carbocycles. The minimum Gasteiger partial charge on any atom is -0.339 e. The lowest BCUT2D eigenvalue weighted by Gasteiger charge is -2.32. The number of rotatable bonds is 4. The molecular formula is C25H22B2F2N4O. The van der Waals surface area contributed by atoms with E-state index in [0.29, 0.717) is 22.7 Å².